The normalized spacial score (nSPS) is 18.8. The van der Waals surface area contributed by atoms with Crippen LogP contribution in [0.1, 0.15) is 71.1 Å². The van der Waals surface area contributed by atoms with Crippen molar-refractivity contribution < 1.29 is 31.5 Å². The van der Waals surface area contributed by atoms with Gasteiger partial charge >= 0.3 is 12.1 Å². The molecule has 4 aromatic heterocycles. The van der Waals surface area contributed by atoms with Crippen LogP contribution in [0.5, 0.6) is 0 Å². The van der Waals surface area contributed by atoms with E-state index in [9.17, 15) is 36.8 Å². The van der Waals surface area contributed by atoms with Gasteiger partial charge in [-0.3, -0.25) is 14.2 Å². The number of aromatic nitrogens is 5. The fraction of sp³-hybridized carbons (Fsp3) is 0.400. The van der Waals surface area contributed by atoms with Crippen LogP contribution in [-0.4, -0.2) is 67.5 Å². The highest BCUT2D eigenvalue weighted by molar-refractivity contribution is 7.89. The summed E-state index contributed by atoms with van der Waals surface area (Å²) in [4.78, 5) is 23.1. The maximum Gasteiger partial charge on any atom is 0.452 e. The number of hydrogen-bond donors (Lipinski definition) is 1. The molecule has 0 spiro atoms. The Labute approximate surface area is 262 Å². The van der Waals surface area contributed by atoms with Gasteiger partial charge in [-0.25, -0.2) is 13.4 Å². The van der Waals surface area contributed by atoms with Crippen LogP contribution < -0.4 is 4.90 Å². The summed E-state index contributed by atoms with van der Waals surface area (Å²) >= 11 is 0. The predicted octanol–water partition coefficient (Wildman–Crippen LogP) is 4.20. The number of pyridine rings is 3. The Balaban J connectivity index is 1.41. The quantitative estimate of drug-likeness (QED) is 0.320. The number of halogens is 3. The zero-order chi connectivity index (χ0) is 33.0. The smallest absolute Gasteiger partial charge is 0.452 e. The van der Waals surface area contributed by atoms with Crippen LogP contribution in [0.25, 0.3) is 5.65 Å². The number of carboxylic acids is 1. The number of rotatable bonds is 6. The first-order chi connectivity index (χ1) is 21.8. The third kappa shape index (κ3) is 5.53. The van der Waals surface area contributed by atoms with E-state index < -0.39 is 40.3 Å². The second kappa shape index (κ2) is 11.6. The van der Waals surface area contributed by atoms with Gasteiger partial charge in [0.2, 0.25) is 15.8 Å². The number of aliphatic carboxylic acids is 1. The molecule has 6 rings (SSSR count). The number of sulfonamides is 1. The number of carbonyl (C=O) groups is 1. The van der Waals surface area contributed by atoms with Crippen LogP contribution in [-0.2, 0) is 27.5 Å². The summed E-state index contributed by atoms with van der Waals surface area (Å²) in [5.41, 5.74) is 2.14. The van der Waals surface area contributed by atoms with Crippen molar-refractivity contribution in [1.82, 2.24) is 28.9 Å². The number of hydrogen-bond acceptors (Lipinski definition) is 9. The number of nitriles is 1. The van der Waals surface area contributed by atoms with Gasteiger partial charge in [0.15, 0.2) is 5.65 Å². The molecule has 4 aromatic rings. The third-order valence-corrected chi connectivity index (χ3v) is 10.5. The average Bonchev–Trinajstić information content (AvgIpc) is 3.44. The largest absolute Gasteiger partial charge is 0.481 e. The van der Waals surface area contributed by atoms with Crippen molar-refractivity contribution in [3.8, 4) is 6.07 Å². The predicted molar refractivity (Wildman–Crippen MR) is 157 cm³/mol. The number of aryl methyl sites for hydroxylation is 2. The van der Waals surface area contributed by atoms with E-state index in [1.54, 1.807) is 26.0 Å². The Hall–Kier alpha value is -4.62. The van der Waals surface area contributed by atoms with Gasteiger partial charge in [-0.2, -0.15) is 22.7 Å². The lowest BCUT2D eigenvalue weighted by Gasteiger charge is -2.36. The highest BCUT2D eigenvalue weighted by Crippen LogP contribution is 2.37. The molecule has 0 saturated carbocycles. The first-order valence-electron chi connectivity index (χ1n) is 14.6. The zero-order valence-corrected chi connectivity index (χ0v) is 25.7. The molecule has 2 atom stereocenters. The van der Waals surface area contributed by atoms with E-state index in [0.29, 0.717) is 40.4 Å². The molecule has 0 aromatic carbocycles. The lowest BCUT2D eigenvalue weighted by molar-refractivity contribution is -0.145. The van der Waals surface area contributed by atoms with Gasteiger partial charge in [0, 0.05) is 43.1 Å². The van der Waals surface area contributed by atoms with Crippen molar-refractivity contribution in [3.63, 3.8) is 0 Å². The van der Waals surface area contributed by atoms with Crippen molar-refractivity contribution in [2.45, 2.75) is 69.1 Å². The minimum atomic E-state index is -4.74. The van der Waals surface area contributed by atoms with E-state index in [4.69, 9.17) is 4.98 Å². The fourth-order valence-electron chi connectivity index (χ4n) is 6.32. The Morgan fingerprint density at radius 3 is 2.70 bits per heavy atom. The Morgan fingerprint density at radius 1 is 1.20 bits per heavy atom. The molecule has 1 saturated heterocycles. The van der Waals surface area contributed by atoms with E-state index >= 15 is 0 Å². The van der Waals surface area contributed by atoms with Gasteiger partial charge in [-0.05, 0) is 68.0 Å². The molecule has 16 heteroatoms. The highest BCUT2D eigenvalue weighted by Gasteiger charge is 2.40. The monoisotopic (exact) mass is 654 g/mol. The second-order valence-electron chi connectivity index (χ2n) is 11.6. The molecule has 6 heterocycles. The van der Waals surface area contributed by atoms with Crippen LogP contribution >= 0.6 is 0 Å². The van der Waals surface area contributed by atoms with Crippen molar-refractivity contribution in [2.24, 2.45) is 0 Å². The van der Waals surface area contributed by atoms with Crippen LogP contribution in [0, 0.1) is 25.2 Å². The molecule has 0 bridgehead atoms. The summed E-state index contributed by atoms with van der Waals surface area (Å²) in [6.07, 6.45) is -0.0897. The number of alkyl halides is 3. The summed E-state index contributed by atoms with van der Waals surface area (Å²) in [5, 5.41) is 26.3. The maximum atomic E-state index is 14.1. The molecule has 2 aliphatic rings. The van der Waals surface area contributed by atoms with Gasteiger partial charge in [-0.1, -0.05) is 6.07 Å². The summed E-state index contributed by atoms with van der Waals surface area (Å²) in [5.74, 6) is -2.92. The Bertz CT molecular complexity index is 2010. The van der Waals surface area contributed by atoms with Crippen LogP contribution in [0.3, 0.4) is 0 Å². The summed E-state index contributed by atoms with van der Waals surface area (Å²) in [6, 6.07) is 7.93. The average molecular weight is 655 g/mol. The molecule has 2 aliphatic heterocycles. The molecule has 0 aliphatic carbocycles. The molecule has 0 radical (unpaired) electrons. The van der Waals surface area contributed by atoms with Gasteiger partial charge < -0.3 is 10.0 Å². The SMILES string of the molecule is Cc1ccc([C@@H](CC(=O)O)c2ccn3c(C(F)(F)F)nnc3c2C)nc1CN1C[C@@H]2CCCCN2c2ncc(C#N)cc2S1(=O)=O. The van der Waals surface area contributed by atoms with E-state index in [2.05, 4.69) is 15.2 Å². The molecule has 240 valence electrons. The van der Waals surface area contributed by atoms with Gasteiger partial charge in [-0.15, -0.1) is 10.2 Å². The molecule has 1 fully saturated rings. The number of nitrogens with zero attached hydrogens (tertiary/aromatic N) is 8. The topological polar surface area (TPSA) is 158 Å². The van der Waals surface area contributed by atoms with Gasteiger partial charge in [0.05, 0.1) is 24.2 Å². The number of carboxylic acid groups (broad SMARTS) is 1. The van der Waals surface area contributed by atoms with E-state index in [0.717, 1.165) is 29.9 Å². The molecular formula is C30H29F3N8O4S. The minimum absolute atomic E-state index is 0.0519. The van der Waals surface area contributed by atoms with E-state index in [-0.39, 0.29) is 35.2 Å². The lowest BCUT2D eigenvalue weighted by Crippen LogP contribution is -2.45. The number of anilines is 1. The van der Waals surface area contributed by atoms with Gasteiger partial charge in [0.25, 0.3) is 0 Å². The molecule has 46 heavy (non-hydrogen) atoms. The first kappa shape index (κ1) is 31.4. The summed E-state index contributed by atoms with van der Waals surface area (Å²) < 4.78 is 70.8. The summed E-state index contributed by atoms with van der Waals surface area (Å²) in [6.45, 7) is 3.98. The standard InChI is InChI=1S/C30H29F3N8O4S/c1-17-6-7-23(22(12-26(42)43)21-8-10-41-27(18(21)2)37-38-29(41)30(31,32)33)36-24(17)16-39-15-20-5-3-4-9-40(20)28-25(46(39,44)45)11-19(13-34)14-35-28/h6-8,10-11,14,20,22H,3-5,9,12,15-16H2,1-2H3,(H,42,43)/t20-,22-/m0/s1. The number of piperidine rings is 1. The molecule has 0 unspecified atom stereocenters. The molecule has 12 nitrogen and oxygen atoms in total. The molecule has 1 N–H and O–H groups in total. The Kier molecular flexibility index (Phi) is 7.93. The van der Waals surface area contributed by atoms with Crippen molar-refractivity contribution in [2.75, 3.05) is 18.0 Å². The summed E-state index contributed by atoms with van der Waals surface area (Å²) in [7, 11) is -4.14. The lowest BCUT2D eigenvalue weighted by atomic mass is 9.89. The first-order valence-corrected chi connectivity index (χ1v) is 16.0. The third-order valence-electron chi connectivity index (χ3n) is 8.67. The Morgan fingerprint density at radius 2 is 1.98 bits per heavy atom. The minimum Gasteiger partial charge on any atom is -0.481 e. The maximum absolute atomic E-state index is 14.1. The van der Waals surface area contributed by atoms with Crippen LogP contribution in [0.2, 0.25) is 0 Å². The zero-order valence-electron chi connectivity index (χ0n) is 24.9. The molecule has 0 amide bonds. The van der Waals surface area contributed by atoms with Crippen molar-refractivity contribution in [1.29, 1.82) is 5.26 Å². The van der Waals surface area contributed by atoms with E-state index in [1.807, 2.05) is 11.0 Å². The van der Waals surface area contributed by atoms with Crippen LogP contribution in [0.15, 0.2) is 41.6 Å². The molecular weight excluding hydrogens is 625 g/mol. The highest BCUT2D eigenvalue weighted by atomic mass is 32.2. The second-order valence-corrected chi connectivity index (χ2v) is 13.5. The van der Waals surface area contributed by atoms with E-state index in [1.165, 1.54) is 22.6 Å². The van der Waals surface area contributed by atoms with Gasteiger partial charge in [0.1, 0.15) is 16.8 Å². The fourth-order valence-corrected chi connectivity index (χ4v) is 7.94. The number of fused-ring (bicyclic) bond motifs is 4. The van der Waals surface area contributed by atoms with Crippen molar-refractivity contribution in [3.05, 3.63) is 76.1 Å². The van der Waals surface area contributed by atoms with Crippen molar-refractivity contribution >= 4 is 27.5 Å². The van der Waals surface area contributed by atoms with Crippen LogP contribution in [0.4, 0.5) is 19.0 Å².